The summed E-state index contributed by atoms with van der Waals surface area (Å²) in [6.07, 6.45) is 6.46. The number of benzene rings is 2. The zero-order chi connectivity index (χ0) is 21.3. The van der Waals surface area contributed by atoms with Crippen molar-refractivity contribution < 1.29 is 17.9 Å². The molecule has 0 amide bonds. The van der Waals surface area contributed by atoms with Crippen molar-refractivity contribution in [2.75, 3.05) is 0 Å². The van der Waals surface area contributed by atoms with Gasteiger partial charge in [-0.1, -0.05) is 13.0 Å². The number of ether oxygens (including phenoxy) is 1. The Kier molecular flexibility index (Phi) is 5.69. The van der Waals surface area contributed by atoms with E-state index in [-0.39, 0.29) is 17.9 Å². The van der Waals surface area contributed by atoms with Crippen LogP contribution in [0.1, 0.15) is 44.6 Å². The molecule has 0 aliphatic heterocycles. The maximum atomic E-state index is 14.5. The third kappa shape index (κ3) is 3.76. The largest absolute Gasteiger partial charge is 0.487 e. The number of pyridine rings is 1. The number of rotatable bonds is 5. The molecule has 6 heteroatoms. The molecule has 30 heavy (non-hydrogen) atoms. The van der Waals surface area contributed by atoms with Crippen molar-refractivity contribution >= 4 is 10.8 Å². The van der Waals surface area contributed by atoms with E-state index in [4.69, 9.17) is 10.5 Å². The summed E-state index contributed by atoms with van der Waals surface area (Å²) in [6.45, 7) is 1.99. The molecule has 3 nitrogen and oxygen atoms in total. The summed E-state index contributed by atoms with van der Waals surface area (Å²) in [5.74, 6) is -1.92. The molecule has 0 unspecified atom stereocenters. The van der Waals surface area contributed by atoms with Crippen LogP contribution in [0.15, 0.2) is 48.8 Å². The number of hydrogen-bond acceptors (Lipinski definition) is 3. The molecule has 2 aromatic carbocycles. The van der Waals surface area contributed by atoms with Crippen LogP contribution in [0.5, 0.6) is 5.75 Å². The van der Waals surface area contributed by atoms with Crippen molar-refractivity contribution in [3.8, 4) is 5.75 Å². The van der Waals surface area contributed by atoms with E-state index in [1.165, 1.54) is 12.1 Å². The van der Waals surface area contributed by atoms with Crippen molar-refractivity contribution in [3.63, 3.8) is 0 Å². The fourth-order valence-corrected chi connectivity index (χ4v) is 4.65. The summed E-state index contributed by atoms with van der Waals surface area (Å²) in [5.41, 5.74) is 6.74. The van der Waals surface area contributed by atoms with Gasteiger partial charge in [-0.2, -0.15) is 0 Å². The SMILES string of the molecule is CC[C@H](N)C1(c2ccc(F)c(F)c2)CCC(Oc2cc3ccncc3cc2F)CC1. The minimum Gasteiger partial charge on any atom is -0.487 e. The Labute approximate surface area is 174 Å². The minimum absolute atomic E-state index is 0.165. The normalized spacial score (nSPS) is 22.8. The molecule has 0 spiro atoms. The van der Waals surface area contributed by atoms with Gasteiger partial charge in [0.05, 0.1) is 6.10 Å². The highest BCUT2D eigenvalue weighted by molar-refractivity contribution is 5.83. The summed E-state index contributed by atoms with van der Waals surface area (Å²) >= 11 is 0. The van der Waals surface area contributed by atoms with Crippen molar-refractivity contribution in [2.45, 2.75) is 56.6 Å². The van der Waals surface area contributed by atoms with Crippen LogP contribution in [0.3, 0.4) is 0 Å². The third-order valence-corrected chi connectivity index (χ3v) is 6.45. The summed E-state index contributed by atoms with van der Waals surface area (Å²) in [5, 5.41) is 1.58. The van der Waals surface area contributed by atoms with Crippen LogP contribution < -0.4 is 10.5 Å². The molecule has 1 atom stereocenters. The van der Waals surface area contributed by atoms with Gasteiger partial charge in [0.15, 0.2) is 23.2 Å². The fourth-order valence-electron chi connectivity index (χ4n) is 4.65. The van der Waals surface area contributed by atoms with Gasteiger partial charge in [0, 0.05) is 29.2 Å². The Morgan fingerprint density at radius 3 is 2.50 bits per heavy atom. The third-order valence-electron chi connectivity index (χ3n) is 6.45. The van der Waals surface area contributed by atoms with Gasteiger partial charge in [-0.25, -0.2) is 13.2 Å². The van der Waals surface area contributed by atoms with Gasteiger partial charge in [0.2, 0.25) is 0 Å². The van der Waals surface area contributed by atoms with Crippen molar-refractivity contribution in [1.29, 1.82) is 0 Å². The van der Waals surface area contributed by atoms with E-state index in [2.05, 4.69) is 4.98 Å². The molecule has 1 saturated carbocycles. The van der Waals surface area contributed by atoms with Gasteiger partial charge in [0.25, 0.3) is 0 Å². The van der Waals surface area contributed by atoms with Gasteiger partial charge in [-0.3, -0.25) is 4.98 Å². The van der Waals surface area contributed by atoms with E-state index >= 15 is 0 Å². The Balaban J connectivity index is 1.55. The lowest BCUT2D eigenvalue weighted by Crippen LogP contribution is -2.49. The van der Waals surface area contributed by atoms with Gasteiger partial charge in [-0.15, -0.1) is 0 Å². The van der Waals surface area contributed by atoms with Crippen LogP contribution in [-0.4, -0.2) is 17.1 Å². The highest BCUT2D eigenvalue weighted by Gasteiger charge is 2.42. The quantitative estimate of drug-likeness (QED) is 0.587. The standard InChI is InChI=1S/C24H25F3N2O/c1-2-23(28)24(17-3-4-19(25)20(26)13-17)8-5-18(6-9-24)30-22-12-15-7-10-29-14-16(15)11-21(22)27/h3-4,7,10-14,18,23H,2,5-6,8-9,28H2,1H3/t18?,23-,24?/m0/s1. The lowest BCUT2D eigenvalue weighted by atomic mass is 9.64. The van der Waals surface area contributed by atoms with Crippen molar-refractivity contribution in [2.24, 2.45) is 5.73 Å². The van der Waals surface area contributed by atoms with E-state index in [9.17, 15) is 13.2 Å². The number of nitrogens with two attached hydrogens (primary N) is 1. The van der Waals surface area contributed by atoms with Gasteiger partial charge >= 0.3 is 0 Å². The smallest absolute Gasteiger partial charge is 0.165 e. The molecular formula is C24H25F3N2O. The molecule has 3 aromatic rings. The molecule has 1 aromatic heterocycles. The summed E-state index contributed by atoms with van der Waals surface area (Å²) in [7, 11) is 0. The van der Waals surface area contributed by atoms with E-state index in [0.717, 1.165) is 28.8 Å². The maximum Gasteiger partial charge on any atom is 0.165 e. The second-order valence-electron chi connectivity index (χ2n) is 8.12. The highest BCUT2D eigenvalue weighted by atomic mass is 19.2. The number of nitrogens with zero attached hydrogens (tertiary/aromatic N) is 1. The molecule has 0 saturated heterocycles. The zero-order valence-electron chi connectivity index (χ0n) is 16.9. The van der Waals surface area contributed by atoms with E-state index in [0.29, 0.717) is 25.7 Å². The van der Waals surface area contributed by atoms with E-state index in [1.54, 1.807) is 24.5 Å². The first-order chi connectivity index (χ1) is 14.4. The second-order valence-corrected chi connectivity index (χ2v) is 8.12. The zero-order valence-corrected chi connectivity index (χ0v) is 16.9. The first kappa shape index (κ1) is 20.7. The molecular weight excluding hydrogens is 389 g/mol. The summed E-state index contributed by atoms with van der Waals surface area (Å²) < 4.78 is 47.9. The summed E-state index contributed by atoms with van der Waals surface area (Å²) in [6, 6.07) is 8.82. The average molecular weight is 414 g/mol. The molecule has 1 aliphatic carbocycles. The molecule has 158 valence electrons. The van der Waals surface area contributed by atoms with Gasteiger partial charge in [0.1, 0.15) is 0 Å². The van der Waals surface area contributed by atoms with Crippen molar-refractivity contribution in [3.05, 3.63) is 71.8 Å². The number of hydrogen-bond donors (Lipinski definition) is 1. The molecule has 1 heterocycles. The predicted octanol–water partition coefficient (Wildman–Crippen LogP) is 5.65. The second kappa shape index (κ2) is 8.26. The van der Waals surface area contributed by atoms with Crippen LogP contribution >= 0.6 is 0 Å². The van der Waals surface area contributed by atoms with Gasteiger partial charge in [-0.05, 0) is 73.4 Å². The number of fused-ring (bicyclic) bond motifs is 1. The number of halogens is 3. The first-order valence-corrected chi connectivity index (χ1v) is 10.3. The number of aromatic nitrogens is 1. The highest BCUT2D eigenvalue weighted by Crippen LogP contribution is 2.44. The molecule has 2 N–H and O–H groups in total. The van der Waals surface area contributed by atoms with Crippen molar-refractivity contribution in [1.82, 2.24) is 4.98 Å². The van der Waals surface area contributed by atoms with Crippen LogP contribution in [0.25, 0.3) is 10.8 Å². The Hall–Kier alpha value is -2.60. The Morgan fingerprint density at radius 1 is 1.03 bits per heavy atom. The molecule has 1 aliphatic rings. The maximum absolute atomic E-state index is 14.5. The van der Waals surface area contributed by atoms with Gasteiger partial charge < -0.3 is 10.5 Å². The van der Waals surface area contributed by atoms with E-state index in [1.807, 2.05) is 13.0 Å². The Morgan fingerprint density at radius 2 is 1.80 bits per heavy atom. The van der Waals surface area contributed by atoms with Crippen LogP contribution in [0.2, 0.25) is 0 Å². The van der Waals surface area contributed by atoms with Crippen LogP contribution in [0, 0.1) is 17.5 Å². The molecule has 0 bridgehead atoms. The Bertz CT molecular complexity index is 1050. The van der Waals surface area contributed by atoms with E-state index < -0.39 is 22.9 Å². The fraction of sp³-hybridized carbons (Fsp3) is 0.375. The monoisotopic (exact) mass is 414 g/mol. The van der Waals surface area contributed by atoms with Crippen LogP contribution in [-0.2, 0) is 5.41 Å². The average Bonchev–Trinajstić information content (AvgIpc) is 2.76. The lowest BCUT2D eigenvalue weighted by Gasteiger charge is -2.44. The predicted molar refractivity (Wildman–Crippen MR) is 111 cm³/mol. The topological polar surface area (TPSA) is 48.1 Å². The molecule has 1 fully saturated rings. The minimum atomic E-state index is -0.863. The lowest BCUT2D eigenvalue weighted by molar-refractivity contribution is 0.0998. The van der Waals surface area contributed by atoms with Crippen LogP contribution in [0.4, 0.5) is 13.2 Å². The summed E-state index contributed by atoms with van der Waals surface area (Å²) in [4.78, 5) is 4.01. The molecule has 0 radical (unpaired) electrons. The molecule has 4 rings (SSSR count). The first-order valence-electron chi connectivity index (χ1n) is 10.3.